The van der Waals surface area contributed by atoms with Gasteiger partial charge in [-0.3, -0.25) is 0 Å². The van der Waals surface area contributed by atoms with Crippen LogP contribution in [0.15, 0.2) is 12.4 Å². The van der Waals surface area contributed by atoms with Gasteiger partial charge in [0.15, 0.2) is 0 Å². The molecule has 0 aromatic carbocycles. The van der Waals surface area contributed by atoms with Crippen LogP contribution in [0.4, 0.5) is 0 Å². The first kappa shape index (κ1) is 17.7. The van der Waals surface area contributed by atoms with Gasteiger partial charge in [0.25, 0.3) is 5.82 Å². The third-order valence-electron chi connectivity index (χ3n) is 3.90. The third-order valence-corrected chi connectivity index (χ3v) is 3.90. The molecular formula is C17H30N2O2. The first-order chi connectivity index (χ1) is 10.2. The number of aromatic nitrogens is 2. The zero-order valence-electron chi connectivity index (χ0n) is 13.6. The Balaban J connectivity index is 2.53. The molecule has 0 amide bonds. The molecule has 0 atom stereocenters. The summed E-state index contributed by atoms with van der Waals surface area (Å²) < 4.78 is 4.04. The summed E-state index contributed by atoms with van der Waals surface area (Å²) in [6.07, 6.45) is 14.6. The van der Waals surface area contributed by atoms with Gasteiger partial charge in [0.2, 0.25) is 0 Å². The number of carbonyl (C=O) groups is 1. The predicted octanol–water partition coefficient (Wildman–Crippen LogP) is 2.23. The lowest BCUT2D eigenvalue weighted by Crippen LogP contribution is -2.45. The first-order valence-corrected chi connectivity index (χ1v) is 8.46. The Morgan fingerprint density at radius 2 is 1.76 bits per heavy atom. The average molecular weight is 294 g/mol. The number of nitrogens with zero attached hydrogens (tertiary/aromatic N) is 2. The lowest BCUT2D eigenvalue weighted by atomic mass is 10.1. The maximum absolute atomic E-state index is 10.9. The molecule has 0 unspecified atom stereocenters. The highest BCUT2D eigenvalue weighted by molar-refractivity contribution is 5.62. The van der Waals surface area contributed by atoms with Gasteiger partial charge in [-0.05, 0) is 12.8 Å². The number of imidazole rings is 1. The number of carboxylic acids is 1. The number of aryl methyl sites for hydroxylation is 1. The van der Waals surface area contributed by atoms with Crippen LogP contribution in [-0.2, 0) is 24.3 Å². The summed E-state index contributed by atoms with van der Waals surface area (Å²) in [5, 5.41) is 10.9. The van der Waals surface area contributed by atoms with E-state index in [0.29, 0.717) is 0 Å². The SMILES string of the molecule is CCCCCCCCc1n(CCCC)cc[n+]1CC(=O)[O-]. The Morgan fingerprint density at radius 3 is 2.43 bits per heavy atom. The smallest absolute Gasteiger partial charge is 0.256 e. The minimum absolute atomic E-state index is 0.0374. The summed E-state index contributed by atoms with van der Waals surface area (Å²) in [5.74, 6) is 0.112. The molecule has 0 bridgehead atoms. The fraction of sp³-hybridized carbons (Fsp3) is 0.765. The van der Waals surface area contributed by atoms with E-state index in [1.807, 2.05) is 17.0 Å². The molecule has 120 valence electrons. The molecule has 1 rings (SSSR count). The molecule has 0 aliphatic carbocycles. The lowest BCUT2D eigenvalue weighted by Gasteiger charge is -2.06. The highest BCUT2D eigenvalue weighted by Crippen LogP contribution is 2.09. The molecule has 1 heterocycles. The fourth-order valence-corrected chi connectivity index (χ4v) is 2.66. The summed E-state index contributed by atoms with van der Waals surface area (Å²) in [4.78, 5) is 10.9. The second-order valence-corrected chi connectivity index (χ2v) is 5.78. The zero-order chi connectivity index (χ0) is 15.5. The van der Waals surface area contributed by atoms with E-state index in [4.69, 9.17) is 0 Å². The molecule has 0 spiro atoms. The Kier molecular flexibility index (Phi) is 8.79. The molecule has 21 heavy (non-hydrogen) atoms. The van der Waals surface area contributed by atoms with Crippen molar-refractivity contribution in [3.05, 3.63) is 18.2 Å². The first-order valence-electron chi connectivity index (χ1n) is 8.46. The van der Waals surface area contributed by atoms with E-state index >= 15 is 0 Å². The van der Waals surface area contributed by atoms with E-state index < -0.39 is 5.97 Å². The van der Waals surface area contributed by atoms with Crippen molar-refractivity contribution in [3.8, 4) is 0 Å². The van der Waals surface area contributed by atoms with Crippen molar-refractivity contribution < 1.29 is 14.5 Å². The van der Waals surface area contributed by atoms with Crippen molar-refractivity contribution in [2.75, 3.05) is 0 Å². The highest BCUT2D eigenvalue weighted by Gasteiger charge is 2.16. The number of carbonyl (C=O) groups excluding carboxylic acids is 1. The second kappa shape index (κ2) is 10.4. The van der Waals surface area contributed by atoms with Gasteiger partial charge >= 0.3 is 0 Å². The number of rotatable bonds is 12. The molecule has 0 aliphatic heterocycles. The monoisotopic (exact) mass is 294 g/mol. The molecule has 4 heteroatoms. The number of unbranched alkanes of at least 4 members (excludes halogenated alkanes) is 6. The van der Waals surface area contributed by atoms with Crippen LogP contribution in [0.25, 0.3) is 0 Å². The van der Waals surface area contributed by atoms with Crippen molar-refractivity contribution in [1.82, 2.24) is 4.57 Å². The Hall–Kier alpha value is -1.32. The lowest BCUT2D eigenvalue weighted by molar-refractivity contribution is -0.697. The minimum atomic E-state index is -1.02. The van der Waals surface area contributed by atoms with Crippen LogP contribution in [0, 0.1) is 0 Å². The predicted molar refractivity (Wildman–Crippen MR) is 81.6 cm³/mol. The maximum atomic E-state index is 10.9. The van der Waals surface area contributed by atoms with Gasteiger partial charge < -0.3 is 9.90 Å². The van der Waals surface area contributed by atoms with Crippen molar-refractivity contribution in [2.45, 2.75) is 84.7 Å². The number of hydrogen-bond acceptors (Lipinski definition) is 2. The van der Waals surface area contributed by atoms with Gasteiger partial charge in [0.05, 0.1) is 12.5 Å². The average Bonchev–Trinajstić information content (AvgIpc) is 2.82. The number of aliphatic carboxylic acids is 1. The molecule has 0 saturated heterocycles. The highest BCUT2D eigenvalue weighted by atomic mass is 16.4. The summed E-state index contributed by atoms with van der Waals surface area (Å²) in [5.41, 5.74) is 0. The van der Waals surface area contributed by atoms with Crippen molar-refractivity contribution in [3.63, 3.8) is 0 Å². The van der Waals surface area contributed by atoms with Gasteiger partial charge in [-0.25, -0.2) is 9.13 Å². The second-order valence-electron chi connectivity index (χ2n) is 5.78. The van der Waals surface area contributed by atoms with Gasteiger partial charge in [-0.2, -0.15) is 0 Å². The molecule has 4 nitrogen and oxygen atoms in total. The van der Waals surface area contributed by atoms with E-state index in [0.717, 1.165) is 38.1 Å². The topological polar surface area (TPSA) is 48.9 Å². The summed E-state index contributed by atoms with van der Waals surface area (Å²) in [6, 6.07) is 0. The minimum Gasteiger partial charge on any atom is -0.546 e. The Labute approximate surface area is 128 Å². The largest absolute Gasteiger partial charge is 0.546 e. The zero-order valence-corrected chi connectivity index (χ0v) is 13.6. The van der Waals surface area contributed by atoms with Crippen molar-refractivity contribution >= 4 is 5.97 Å². The Bertz CT molecular complexity index is 413. The van der Waals surface area contributed by atoms with Gasteiger partial charge in [-0.15, -0.1) is 0 Å². The van der Waals surface area contributed by atoms with E-state index in [1.54, 1.807) is 0 Å². The maximum Gasteiger partial charge on any atom is 0.256 e. The van der Waals surface area contributed by atoms with E-state index in [9.17, 15) is 9.90 Å². The molecule has 0 saturated carbocycles. The summed E-state index contributed by atoms with van der Waals surface area (Å²) in [7, 11) is 0. The van der Waals surface area contributed by atoms with Crippen LogP contribution in [0.1, 0.15) is 71.0 Å². The van der Waals surface area contributed by atoms with Crippen LogP contribution in [0.5, 0.6) is 0 Å². The van der Waals surface area contributed by atoms with Crippen LogP contribution in [0.2, 0.25) is 0 Å². The van der Waals surface area contributed by atoms with E-state index in [2.05, 4.69) is 18.4 Å². The molecule has 1 aromatic heterocycles. The van der Waals surface area contributed by atoms with Crippen LogP contribution >= 0.6 is 0 Å². The number of hydrogen-bond donors (Lipinski definition) is 0. The third kappa shape index (κ3) is 6.78. The number of carboxylic acid groups (broad SMARTS) is 1. The molecule has 0 N–H and O–H groups in total. The van der Waals surface area contributed by atoms with Crippen molar-refractivity contribution in [2.24, 2.45) is 0 Å². The molecule has 0 fully saturated rings. The fourth-order valence-electron chi connectivity index (χ4n) is 2.66. The molecular weight excluding hydrogens is 264 g/mol. The Morgan fingerprint density at radius 1 is 1.10 bits per heavy atom. The summed E-state index contributed by atoms with van der Waals surface area (Å²) >= 11 is 0. The van der Waals surface area contributed by atoms with Gasteiger partial charge in [-0.1, -0.05) is 52.4 Å². The standard InChI is InChI=1S/C17H30N2O2/c1-3-5-7-8-9-10-11-16-18(12-6-4-2)13-14-19(16)15-17(20)21/h13-14H,3-12,15H2,1-2H3. The van der Waals surface area contributed by atoms with Crippen LogP contribution < -0.4 is 9.67 Å². The molecule has 0 aliphatic rings. The summed E-state index contributed by atoms with van der Waals surface area (Å²) in [6.45, 7) is 5.33. The van der Waals surface area contributed by atoms with Crippen LogP contribution in [-0.4, -0.2) is 10.5 Å². The molecule has 1 aromatic rings. The van der Waals surface area contributed by atoms with Gasteiger partial charge in [0.1, 0.15) is 18.9 Å². The quantitative estimate of drug-likeness (QED) is 0.438. The normalized spacial score (nSPS) is 11.0. The van der Waals surface area contributed by atoms with Gasteiger partial charge in [0, 0.05) is 6.42 Å². The van der Waals surface area contributed by atoms with Crippen molar-refractivity contribution in [1.29, 1.82) is 0 Å². The van der Waals surface area contributed by atoms with Crippen LogP contribution in [0.3, 0.4) is 0 Å². The van der Waals surface area contributed by atoms with E-state index in [-0.39, 0.29) is 6.54 Å². The van der Waals surface area contributed by atoms with E-state index in [1.165, 1.54) is 32.1 Å². The molecule has 0 radical (unpaired) electrons.